The molecule has 0 bridgehead atoms. The van der Waals surface area contributed by atoms with Gasteiger partial charge in [-0.15, -0.1) is 0 Å². The molecule has 0 saturated carbocycles. The van der Waals surface area contributed by atoms with Crippen LogP contribution in [0.2, 0.25) is 0 Å². The van der Waals surface area contributed by atoms with Crippen molar-refractivity contribution in [1.82, 2.24) is 5.43 Å². The Morgan fingerprint density at radius 3 is 2.35 bits per heavy atom. The number of hydrogen-bond donors (Lipinski definition) is 2. The summed E-state index contributed by atoms with van der Waals surface area (Å²) in [4.78, 5) is 11.2. The molecular weight excluding hydrogens is 256 g/mol. The molecule has 0 aromatic heterocycles. The number of nitrogens with one attached hydrogen (secondary N) is 1. The molecule has 0 atom stereocenters. The van der Waals surface area contributed by atoms with Gasteiger partial charge in [0.25, 0.3) is 5.91 Å². The molecule has 0 aliphatic carbocycles. The van der Waals surface area contributed by atoms with Crippen molar-refractivity contribution in [3.05, 3.63) is 29.8 Å². The van der Waals surface area contributed by atoms with E-state index in [4.69, 9.17) is 15.3 Å². The molecule has 20 heavy (non-hydrogen) atoms. The highest BCUT2D eigenvalue weighted by Crippen LogP contribution is 2.17. The Hall–Kier alpha value is -1.59. The number of ether oxygens (including phenoxy) is 2. The van der Waals surface area contributed by atoms with Gasteiger partial charge in [0.2, 0.25) is 0 Å². The average molecular weight is 280 g/mol. The van der Waals surface area contributed by atoms with E-state index in [9.17, 15) is 4.79 Å². The average Bonchev–Trinajstić information content (AvgIpc) is 2.41. The molecule has 3 N–H and O–H groups in total. The van der Waals surface area contributed by atoms with Crippen molar-refractivity contribution in [2.75, 3.05) is 19.8 Å². The predicted molar refractivity (Wildman–Crippen MR) is 78.5 cm³/mol. The second-order valence-corrected chi connectivity index (χ2v) is 5.77. The van der Waals surface area contributed by atoms with E-state index in [1.807, 2.05) is 0 Å². The molecular formula is C15H24N2O3. The molecule has 112 valence electrons. The third-order valence-corrected chi connectivity index (χ3v) is 2.74. The molecule has 5 nitrogen and oxygen atoms in total. The third-order valence-electron chi connectivity index (χ3n) is 2.74. The smallest absolute Gasteiger partial charge is 0.265 e. The highest BCUT2D eigenvalue weighted by molar-refractivity contribution is 5.93. The number of nitrogens with two attached hydrogens (primary N) is 1. The fourth-order valence-electron chi connectivity index (χ4n) is 1.48. The van der Waals surface area contributed by atoms with Crippen LogP contribution in [0.15, 0.2) is 24.3 Å². The minimum Gasteiger partial charge on any atom is -0.491 e. The first kappa shape index (κ1) is 16.5. The van der Waals surface area contributed by atoms with E-state index >= 15 is 0 Å². The van der Waals surface area contributed by atoms with E-state index in [1.165, 1.54) is 0 Å². The van der Waals surface area contributed by atoms with Gasteiger partial charge in [0.05, 0.1) is 6.61 Å². The van der Waals surface area contributed by atoms with E-state index in [1.54, 1.807) is 24.3 Å². The monoisotopic (exact) mass is 280 g/mol. The van der Waals surface area contributed by atoms with Crippen LogP contribution < -0.4 is 16.0 Å². The summed E-state index contributed by atoms with van der Waals surface area (Å²) < 4.78 is 11.0. The maximum absolute atomic E-state index is 11.2. The van der Waals surface area contributed by atoms with Gasteiger partial charge in [0.1, 0.15) is 12.4 Å². The van der Waals surface area contributed by atoms with Crippen LogP contribution in [-0.4, -0.2) is 25.7 Å². The second-order valence-electron chi connectivity index (χ2n) is 5.77. The van der Waals surface area contributed by atoms with Gasteiger partial charge >= 0.3 is 0 Å². The molecule has 0 spiro atoms. The standard InChI is InChI=1S/C15H24N2O3/c1-15(2,3)8-9-19-10-11-20-13-6-4-12(5-7-13)14(18)17-16/h4-7H,8-11,16H2,1-3H3,(H,17,18). The highest BCUT2D eigenvalue weighted by atomic mass is 16.5. The zero-order valence-electron chi connectivity index (χ0n) is 12.4. The molecule has 0 saturated heterocycles. The van der Waals surface area contributed by atoms with E-state index in [0.717, 1.165) is 13.0 Å². The second kappa shape index (κ2) is 7.87. The van der Waals surface area contributed by atoms with Gasteiger partial charge in [0, 0.05) is 12.2 Å². The van der Waals surface area contributed by atoms with E-state index in [2.05, 4.69) is 26.2 Å². The molecule has 0 radical (unpaired) electrons. The maximum Gasteiger partial charge on any atom is 0.265 e. The lowest BCUT2D eigenvalue weighted by molar-refractivity contribution is 0.0818. The fraction of sp³-hybridized carbons (Fsp3) is 0.533. The van der Waals surface area contributed by atoms with Crippen molar-refractivity contribution in [2.24, 2.45) is 11.3 Å². The quantitative estimate of drug-likeness (QED) is 0.347. The SMILES string of the molecule is CC(C)(C)CCOCCOc1ccc(C(=O)NN)cc1. The molecule has 0 fully saturated rings. The van der Waals surface area contributed by atoms with Crippen LogP contribution in [0.5, 0.6) is 5.75 Å². The van der Waals surface area contributed by atoms with Crippen molar-refractivity contribution < 1.29 is 14.3 Å². The van der Waals surface area contributed by atoms with Gasteiger partial charge in [-0.1, -0.05) is 20.8 Å². The lowest BCUT2D eigenvalue weighted by atomic mass is 9.93. The Labute approximate surface area is 120 Å². The number of hydrogen-bond acceptors (Lipinski definition) is 4. The summed E-state index contributed by atoms with van der Waals surface area (Å²) >= 11 is 0. The molecule has 0 aliphatic heterocycles. The number of carbonyl (C=O) groups excluding carboxylic acids is 1. The summed E-state index contributed by atoms with van der Waals surface area (Å²) in [7, 11) is 0. The van der Waals surface area contributed by atoms with Crippen LogP contribution in [0.1, 0.15) is 37.6 Å². The molecule has 0 aliphatic rings. The minimum atomic E-state index is -0.318. The number of amides is 1. The van der Waals surface area contributed by atoms with Gasteiger partial charge in [0.15, 0.2) is 0 Å². The van der Waals surface area contributed by atoms with Crippen molar-refractivity contribution in [3.63, 3.8) is 0 Å². The third kappa shape index (κ3) is 6.54. The van der Waals surface area contributed by atoms with Crippen molar-refractivity contribution in [2.45, 2.75) is 27.2 Å². The highest BCUT2D eigenvalue weighted by Gasteiger charge is 2.09. The summed E-state index contributed by atoms with van der Waals surface area (Å²) in [6.07, 6.45) is 1.02. The number of nitrogen functional groups attached to an aromatic ring is 1. The molecule has 1 amide bonds. The summed E-state index contributed by atoms with van der Waals surface area (Å²) in [5.41, 5.74) is 2.87. The van der Waals surface area contributed by atoms with Gasteiger partial charge < -0.3 is 9.47 Å². The largest absolute Gasteiger partial charge is 0.491 e. The van der Waals surface area contributed by atoms with Crippen LogP contribution >= 0.6 is 0 Å². The van der Waals surface area contributed by atoms with Crippen LogP contribution in [0.3, 0.4) is 0 Å². The lowest BCUT2D eigenvalue weighted by Crippen LogP contribution is -2.29. The van der Waals surface area contributed by atoms with Crippen LogP contribution in [0, 0.1) is 5.41 Å². The molecule has 0 heterocycles. The van der Waals surface area contributed by atoms with Crippen LogP contribution in [-0.2, 0) is 4.74 Å². The fourth-order valence-corrected chi connectivity index (χ4v) is 1.48. The maximum atomic E-state index is 11.2. The predicted octanol–water partition coefficient (Wildman–Crippen LogP) is 2.12. The molecule has 0 unspecified atom stereocenters. The van der Waals surface area contributed by atoms with Crippen molar-refractivity contribution in [3.8, 4) is 5.75 Å². The summed E-state index contributed by atoms with van der Waals surface area (Å²) in [5, 5.41) is 0. The number of rotatable bonds is 7. The van der Waals surface area contributed by atoms with Crippen molar-refractivity contribution in [1.29, 1.82) is 0 Å². The number of benzene rings is 1. The first-order chi connectivity index (χ1) is 9.42. The Balaban J connectivity index is 2.21. The Bertz CT molecular complexity index is 410. The zero-order valence-corrected chi connectivity index (χ0v) is 12.4. The first-order valence-corrected chi connectivity index (χ1v) is 6.74. The Morgan fingerprint density at radius 1 is 1.15 bits per heavy atom. The molecule has 1 aromatic rings. The summed E-state index contributed by atoms with van der Waals surface area (Å²) in [5.74, 6) is 5.44. The summed E-state index contributed by atoms with van der Waals surface area (Å²) in [6, 6.07) is 6.80. The first-order valence-electron chi connectivity index (χ1n) is 6.74. The van der Waals surface area contributed by atoms with E-state index in [0.29, 0.717) is 29.9 Å². The number of carbonyl (C=O) groups is 1. The van der Waals surface area contributed by atoms with Gasteiger partial charge in [-0.2, -0.15) is 0 Å². The Kier molecular flexibility index (Phi) is 6.48. The molecule has 1 rings (SSSR count). The molecule has 5 heteroatoms. The Morgan fingerprint density at radius 2 is 1.80 bits per heavy atom. The van der Waals surface area contributed by atoms with Gasteiger partial charge in [-0.25, -0.2) is 5.84 Å². The minimum absolute atomic E-state index is 0.292. The summed E-state index contributed by atoms with van der Waals surface area (Å²) in [6.45, 7) is 8.35. The van der Waals surface area contributed by atoms with E-state index < -0.39 is 0 Å². The van der Waals surface area contributed by atoms with Crippen molar-refractivity contribution >= 4 is 5.91 Å². The number of hydrazine groups is 1. The van der Waals surface area contributed by atoms with E-state index in [-0.39, 0.29) is 5.91 Å². The molecule has 1 aromatic carbocycles. The lowest BCUT2D eigenvalue weighted by Gasteiger charge is -2.17. The van der Waals surface area contributed by atoms with Gasteiger partial charge in [-0.05, 0) is 36.1 Å². The normalized spacial score (nSPS) is 11.2. The topological polar surface area (TPSA) is 73.6 Å². The van der Waals surface area contributed by atoms with Crippen LogP contribution in [0.4, 0.5) is 0 Å². The van der Waals surface area contributed by atoms with Crippen LogP contribution in [0.25, 0.3) is 0 Å². The van der Waals surface area contributed by atoms with Gasteiger partial charge in [-0.3, -0.25) is 10.2 Å². The zero-order chi connectivity index (χ0) is 15.0.